The van der Waals surface area contributed by atoms with Gasteiger partial charge in [-0.2, -0.15) is 0 Å². The molecule has 1 aromatic heterocycles. The second kappa shape index (κ2) is 9.42. The molecule has 0 aliphatic heterocycles. The molecule has 1 N–H and O–H groups in total. The molecular formula is C19H25ClN4OS. The number of nitrogens with one attached hydrogen (secondary N) is 1. The SMILES string of the molecule is CCn1c(CC2CCCCC2)nnc1SCC(=O)Nc1ccc(Cl)cc1. The Morgan fingerprint density at radius 1 is 1.23 bits per heavy atom. The molecule has 3 rings (SSSR count). The Hall–Kier alpha value is -1.53. The van der Waals surface area contributed by atoms with E-state index >= 15 is 0 Å². The average molecular weight is 393 g/mol. The Kier molecular flexibility index (Phi) is 6.97. The van der Waals surface area contributed by atoms with E-state index in [1.165, 1.54) is 43.9 Å². The quantitative estimate of drug-likeness (QED) is 0.687. The van der Waals surface area contributed by atoms with Crippen molar-refractivity contribution in [3.63, 3.8) is 0 Å². The molecule has 1 fully saturated rings. The number of aromatic nitrogens is 3. The molecule has 0 radical (unpaired) electrons. The molecule has 140 valence electrons. The molecule has 0 saturated heterocycles. The van der Waals surface area contributed by atoms with Gasteiger partial charge in [0.25, 0.3) is 0 Å². The number of nitrogens with zero attached hydrogens (tertiary/aromatic N) is 3. The predicted molar refractivity (Wildman–Crippen MR) is 107 cm³/mol. The maximum Gasteiger partial charge on any atom is 0.234 e. The van der Waals surface area contributed by atoms with Crippen LogP contribution in [-0.2, 0) is 17.8 Å². The molecule has 1 aliphatic rings. The maximum atomic E-state index is 12.2. The van der Waals surface area contributed by atoms with Crippen LogP contribution in [-0.4, -0.2) is 26.4 Å². The Bertz CT molecular complexity index is 726. The summed E-state index contributed by atoms with van der Waals surface area (Å²) in [6.07, 6.45) is 7.61. The van der Waals surface area contributed by atoms with Gasteiger partial charge in [-0.05, 0) is 37.1 Å². The lowest BCUT2D eigenvalue weighted by molar-refractivity contribution is -0.113. The minimum atomic E-state index is -0.0585. The van der Waals surface area contributed by atoms with Gasteiger partial charge in [-0.1, -0.05) is 55.5 Å². The second-order valence-electron chi connectivity index (χ2n) is 6.69. The zero-order valence-electron chi connectivity index (χ0n) is 15.1. The van der Waals surface area contributed by atoms with Gasteiger partial charge < -0.3 is 9.88 Å². The molecule has 0 atom stereocenters. The summed E-state index contributed by atoms with van der Waals surface area (Å²) >= 11 is 7.30. The highest BCUT2D eigenvalue weighted by Crippen LogP contribution is 2.27. The summed E-state index contributed by atoms with van der Waals surface area (Å²) < 4.78 is 2.15. The van der Waals surface area contributed by atoms with Crippen molar-refractivity contribution in [2.24, 2.45) is 5.92 Å². The molecule has 2 aromatic rings. The van der Waals surface area contributed by atoms with Crippen LogP contribution in [0.4, 0.5) is 5.69 Å². The van der Waals surface area contributed by atoms with Gasteiger partial charge in [0.1, 0.15) is 5.82 Å². The van der Waals surface area contributed by atoms with Crippen LogP contribution < -0.4 is 5.32 Å². The molecule has 5 nitrogen and oxygen atoms in total. The molecule has 7 heteroatoms. The van der Waals surface area contributed by atoms with E-state index in [2.05, 4.69) is 27.0 Å². The van der Waals surface area contributed by atoms with Gasteiger partial charge in [0.05, 0.1) is 5.75 Å². The number of amides is 1. The fourth-order valence-electron chi connectivity index (χ4n) is 3.40. The molecule has 0 spiro atoms. The topological polar surface area (TPSA) is 59.8 Å². The number of rotatable bonds is 7. The first kappa shape index (κ1) is 19.2. The first-order valence-corrected chi connectivity index (χ1v) is 10.6. The van der Waals surface area contributed by atoms with E-state index in [-0.39, 0.29) is 5.91 Å². The van der Waals surface area contributed by atoms with Crippen LogP contribution in [0.5, 0.6) is 0 Å². The molecule has 1 aliphatic carbocycles. The van der Waals surface area contributed by atoms with Crippen molar-refractivity contribution in [1.29, 1.82) is 0 Å². The second-order valence-corrected chi connectivity index (χ2v) is 8.07. The van der Waals surface area contributed by atoms with Crippen LogP contribution in [0, 0.1) is 5.92 Å². The first-order valence-electron chi connectivity index (χ1n) is 9.26. The summed E-state index contributed by atoms with van der Waals surface area (Å²) in [5, 5.41) is 13.1. The summed E-state index contributed by atoms with van der Waals surface area (Å²) in [5.74, 6) is 2.03. The van der Waals surface area contributed by atoms with Gasteiger partial charge in [0.15, 0.2) is 5.16 Å². The average Bonchev–Trinajstić information content (AvgIpc) is 3.04. The third-order valence-corrected chi connectivity index (χ3v) is 5.98. The Balaban J connectivity index is 1.55. The molecule has 0 bridgehead atoms. The number of benzene rings is 1. The molecular weight excluding hydrogens is 368 g/mol. The highest BCUT2D eigenvalue weighted by Gasteiger charge is 2.19. The third-order valence-electron chi connectivity index (χ3n) is 4.77. The number of thioether (sulfide) groups is 1. The minimum absolute atomic E-state index is 0.0585. The van der Waals surface area contributed by atoms with Crippen molar-refractivity contribution >= 4 is 35.0 Å². The number of hydrogen-bond acceptors (Lipinski definition) is 4. The first-order chi connectivity index (χ1) is 12.7. The molecule has 1 saturated carbocycles. The maximum absolute atomic E-state index is 12.2. The summed E-state index contributed by atoms with van der Waals surface area (Å²) in [6.45, 7) is 2.93. The van der Waals surface area contributed by atoms with Crippen molar-refractivity contribution in [2.75, 3.05) is 11.1 Å². The molecule has 26 heavy (non-hydrogen) atoms. The number of carbonyl (C=O) groups excluding carboxylic acids is 1. The predicted octanol–water partition coefficient (Wildman–Crippen LogP) is 4.81. The highest BCUT2D eigenvalue weighted by molar-refractivity contribution is 7.99. The van der Waals surface area contributed by atoms with E-state index in [0.717, 1.165) is 35.6 Å². The summed E-state index contributed by atoms with van der Waals surface area (Å²) in [7, 11) is 0. The van der Waals surface area contributed by atoms with Gasteiger partial charge in [-0.25, -0.2) is 0 Å². The van der Waals surface area contributed by atoms with E-state index < -0.39 is 0 Å². The van der Waals surface area contributed by atoms with E-state index in [0.29, 0.717) is 10.8 Å². The van der Waals surface area contributed by atoms with Gasteiger partial charge in [-0.3, -0.25) is 4.79 Å². The van der Waals surface area contributed by atoms with Crippen LogP contribution in [0.3, 0.4) is 0 Å². The van der Waals surface area contributed by atoms with Crippen LogP contribution >= 0.6 is 23.4 Å². The van der Waals surface area contributed by atoms with Crippen molar-refractivity contribution < 1.29 is 4.79 Å². The van der Waals surface area contributed by atoms with Crippen LogP contribution in [0.15, 0.2) is 29.4 Å². The summed E-state index contributed by atoms with van der Waals surface area (Å²) in [4.78, 5) is 12.2. The van der Waals surface area contributed by atoms with Gasteiger partial charge in [0, 0.05) is 23.7 Å². The van der Waals surface area contributed by atoms with Gasteiger partial charge in [0.2, 0.25) is 5.91 Å². The van der Waals surface area contributed by atoms with Crippen molar-refractivity contribution in [3.05, 3.63) is 35.1 Å². The standard InChI is InChI=1S/C19H25ClN4OS/c1-2-24-17(12-14-6-4-3-5-7-14)22-23-19(24)26-13-18(25)21-16-10-8-15(20)9-11-16/h8-11,14H,2-7,12-13H2,1H3,(H,21,25). The van der Waals surface area contributed by atoms with Crippen molar-refractivity contribution in [2.45, 2.75) is 57.1 Å². The highest BCUT2D eigenvalue weighted by atomic mass is 35.5. The molecule has 1 amide bonds. The summed E-state index contributed by atoms with van der Waals surface area (Å²) in [6, 6.07) is 7.11. The van der Waals surface area contributed by atoms with Crippen molar-refractivity contribution in [3.8, 4) is 0 Å². The van der Waals surface area contributed by atoms with Gasteiger partial charge >= 0.3 is 0 Å². The van der Waals surface area contributed by atoms with Crippen LogP contribution in [0.25, 0.3) is 0 Å². The lowest BCUT2D eigenvalue weighted by Gasteiger charge is -2.21. The minimum Gasteiger partial charge on any atom is -0.325 e. The summed E-state index contributed by atoms with van der Waals surface area (Å²) in [5.41, 5.74) is 0.745. The molecule has 0 unspecified atom stereocenters. The van der Waals surface area contributed by atoms with Crippen LogP contribution in [0.2, 0.25) is 5.02 Å². The Morgan fingerprint density at radius 3 is 2.65 bits per heavy atom. The largest absolute Gasteiger partial charge is 0.325 e. The Labute approximate surface area is 163 Å². The van der Waals surface area contributed by atoms with E-state index in [1.807, 2.05) is 0 Å². The smallest absolute Gasteiger partial charge is 0.234 e. The van der Waals surface area contributed by atoms with E-state index in [1.54, 1.807) is 24.3 Å². The number of hydrogen-bond donors (Lipinski definition) is 1. The van der Waals surface area contributed by atoms with Gasteiger partial charge in [-0.15, -0.1) is 10.2 Å². The van der Waals surface area contributed by atoms with Crippen molar-refractivity contribution in [1.82, 2.24) is 14.8 Å². The monoisotopic (exact) mass is 392 g/mol. The molecule has 1 aromatic carbocycles. The lowest BCUT2D eigenvalue weighted by Crippen LogP contribution is -2.15. The third kappa shape index (κ3) is 5.24. The van der Waals surface area contributed by atoms with Crippen LogP contribution in [0.1, 0.15) is 44.9 Å². The number of anilines is 1. The van der Waals surface area contributed by atoms with E-state index in [4.69, 9.17) is 11.6 Å². The zero-order valence-corrected chi connectivity index (χ0v) is 16.7. The fourth-order valence-corrected chi connectivity index (χ4v) is 4.35. The lowest BCUT2D eigenvalue weighted by atomic mass is 9.87. The number of halogens is 1. The zero-order chi connectivity index (χ0) is 18.4. The van der Waals surface area contributed by atoms with E-state index in [9.17, 15) is 4.79 Å². The normalized spacial score (nSPS) is 15.2. The number of carbonyl (C=O) groups is 1. The fraction of sp³-hybridized carbons (Fsp3) is 0.526. The Morgan fingerprint density at radius 2 is 1.96 bits per heavy atom. The molecule has 1 heterocycles.